The Labute approximate surface area is 212 Å². The number of carboxylic acids is 1. The van der Waals surface area contributed by atoms with Crippen molar-refractivity contribution in [3.63, 3.8) is 0 Å². The number of likely N-dealkylation sites (tertiary alicyclic amines) is 1. The summed E-state index contributed by atoms with van der Waals surface area (Å²) < 4.78 is 5.29. The molecule has 1 atom stereocenters. The van der Waals surface area contributed by atoms with E-state index in [9.17, 15) is 14.7 Å². The molecule has 0 spiro atoms. The Bertz CT molecular complexity index is 1650. The molecule has 2 aromatic carbocycles. The van der Waals surface area contributed by atoms with E-state index < -0.39 is 5.97 Å². The number of carboxylic acid groups (broad SMARTS) is 1. The summed E-state index contributed by atoms with van der Waals surface area (Å²) in [7, 11) is 1.97. The SMILES string of the molecule is Cn1ccnc1CN1CCC(n2c(=O)n(-c3ccc(-c4ccccc4)cc3)c3ccc(C(=O)O)nc32)C1. The second kappa shape index (κ2) is 9.18. The zero-order valence-electron chi connectivity index (χ0n) is 20.4. The number of fused-ring (bicyclic) bond motifs is 1. The van der Waals surface area contributed by atoms with Crippen LogP contribution in [0.3, 0.4) is 0 Å². The molecule has 1 aliphatic rings. The molecular weight excluding hydrogens is 468 g/mol. The smallest absolute Gasteiger partial charge is 0.354 e. The van der Waals surface area contributed by atoms with Gasteiger partial charge in [0.2, 0.25) is 0 Å². The topological polar surface area (TPSA) is 98.2 Å². The van der Waals surface area contributed by atoms with E-state index in [4.69, 9.17) is 0 Å². The number of pyridine rings is 1. The van der Waals surface area contributed by atoms with Crippen molar-refractivity contribution in [3.8, 4) is 16.8 Å². The van der Waals surface area contributed by atoms with Crippen LogP contribution in [-0.4, -0.2) is 52.7 Å². The number of aryl methyl sites for hydroxylation is 1. The first-order chi connectivity index (χ1) is 18.0. The monoisotopic (exact) mass is 494 g/mol. The van der Waals surface area contributed by atoms with E-state index in [1.54, 1.807) is 21.4 Å². The van der Waals surface area contributed by atoms with Gasteiger partial charge in [-0.2, -0.15) is 0 Å². The van der Waals surface area contributed by atoms with Gasteiger partial charge in [-0.1, -0.05) is 42.5 Å². The number of aromatic nitrogens is 5. The lowest BCUT2D eigenvalue weighted by molar-refractivity contribution is 0.0691. The summed E-state index contributed by atoms with van der Waals surface area (Å²) in [6, 6.07) is 20.9. The molecule has 186 valence electrons. The fourth-order valence-electron chi connectivity index (χ4n) is 5.14. The molecule has 1 N–H and O–H groups in total. The molecule has 1 fully saturated rings. The van der Waals surface area contributed by atoms with Crippen molar-refractivity contribution < 1.29 is 9.90 Å². The first kappa shape index (κ1) is 22.9. The first-order valence-corrected chi connectivity index (χ1v) is 12.2. The predicted octanol–water partition coefficient (Wildman–Crippen LogP) is 3.73. The highest BCUT2D eigenvalue weighted by Gasteiger charge is 2.30. The van der Waals surface area contributed by atoms with Gasteiger partial charge in [0, 0.05) is 32.5 Å². The minimum atomic E-state index is -1.12. The van der Waals surface area contributed by atoms with Crippen molar-refractivity contribution in [1.82, 2.24) is 28.6 Å². The second-order valence-electron chi connectivity index (χ2n) is 9.38. The highest BCUT2D eigenvalue weighted by atomic mass is 16.4. The second-order valence-corrected chi connectivity index (χ2v) is 9.38. The van der Waals surface area contributed by atoms with Crippen molar-refractivity contribution in [3.05, 3.63) is 101 Å². The fraction of sp³-hybridized carbons (Fsp3) is 0.214. The fourth-order valence-corrected chi connectivity index (χ4v) is 5.14. The average Bonchev–Trinajstić information content (AvgIpc) is 3.61. The summed E-state index contributed by atoms with van der Waals surface area (Å²) in [5.41, 5.74) is 3.53. The third-order valence-corrected chi connectivity index (χ3v) is 7.07. The summed E-state index contributed by atoms with van der Waals surface area (Å²) in [5, 5.41) is 9.57. The van der Waals surface area contributed by atoms with Crippen LogP contribution in [0.4, 0.5) is 0 Å². The van der Waals surface area contributed by atoms with Crippen molar-refractivity contribution in [2.75, 3.05) is 13.1 Å². The minimum Gasteiger partial charge on any atom is -0.477 e. The van der Waals surface area contributed by atoms with E-state index in [-0.39, 0.29) is 17.4 Å². The van der Waals surface area contributed by atoms with Crippen molar-refractivity contribution in [2.45, 2.75) is 19.0 Å². The third kappa shape index (κ3) is 4.13. The van der Waals surface area contributed by atoms with E-state index >= 15 is 0 Å². The summed E-state index contributed by atoms with van der Waals surface area (Å²) in [6.45, 7) is 2.14. The first-order valence-electron chi connectivity index (χ1n) is 12.2. The lowest BCUT2D eigenvalue weighted by Crippen LogP contribution is -2.29. The van der Waals surface area contributed by atoms with Crippen molar-refractivity contribution >= 4 is 17.1 Å². The van der Waals surface area contributed by atoms with Crippen molar-refractivity contribution in [2.24, 2.45) is 7.05 Å². The molecule has 1 aliphatic heterocycles. The van der Waals surface area contributed by atoms with Gasteiger partial charge in [-0.25, -0.2) is 19.6 Å². The Morgan fingerprint density at radius 3 is 2.49 bits per heavy atom. The molecular formula is C28H26N6O3. The Hall–Kier alpha value is -4.50. The van der Waals surface area contributed by atoms with Crippen LogP contribution in [0.1, 0.15) is 28.8 Å². The summed E-state index contributed by atoms with van der Waals surface area (Å²) in [4.78, 5) is 36.7. The molecule has 4 heterocycles. The van der Waals surface area contributed by atoms with Gasteiger partial charge in [-0.15, -0.1) is 0 Å². The van der Waals surface area contributed by atoms with Crippen molar-refractivity contribution in [1.29, 1.82) is 0 Å². The molecule has 5 aromatic rings. The number of rotatable bonds is 6. The maximum atomic E-state index is 13.9. The zero-order valence-corrected chi connectivity index (χ0v) is 20.4. The van der Waals surface area contributed by atoms with Crippen LogP contribution in [0, 0.1) is 0 Å². The van der Waals surface area contributed by atoms with Gasteiger partial charge in [0.15, 0.2) is 11.3 Å². The van der Waals surface area contributed by atoms with Gasteiger partial charge in [0.05, 0.1) is 23.8 Å². The third-order valence-electron chi connectivity index (χ3n) is 7.07. The number of imidazole rings is 2. The molecule has 6 rings (SSSR count). The Morgan fingerprint density at radius 1 is 1.03 bits per heavy atom. The van der Waals surface area contributed by atoms with Crippen LogP contribution >= 0.6 is 0 Å². The number of hydrogen-bond donors (Lipinski definition) is 1. The van der Waals surface area contributed by atoms with Gasteiger partial charge in [0.1, 0.15) is 5.82 Å². The normalized spacial score (nSPS) is 16.0. The van der Waals surface area contributed by atoms with E-state index in [1.165, 1.54) is 6.07 Å². The molecule has 0 radical (unpaired) electrons. The molecule has 0 saturated carbocycles. The molecule has 37 heavy (non-hydrogen) atoms. The number of nitrogens with zero attached hydrogens (tertiary/aromatic N) is 6. The van der Waals surface area contributed by atoms with Crippen LogP contribution < -0.4 is 5.69 Å². The van der Waals surface area contributed by atoms with E-state index in [0.29, 0.717) is 29.9 Å². The Morgan fingerprint density at radius 2 is 1.78 bits per heavy atom. The van der Waals surface area contributed by atoms with Crippen LogP contribution in [0.25, 0.3) is 28.0 Å². The molecule has 0 bridgehead atoms. The van der Waals surface area contributed by atoms with Crippen LogP contribution in [0.5, 0.6) is 0 Å². The van der Waals surface area contributed by atoms with Crippen LogP contribution in [0.15, 0.2) is 83.9 Å². The summed E-state index contributed by atoms with van der Waals surface area (Å²) in [5.74, 6) is -0.163. The molecule has 9 heteroatoms. The van der Waals surface area contributed by atoms with E-state index in [1.807, 2.05) is 72.4 Å². The summed E-state index contributed by atoms with van der Waals surface area (Å²) in [6.07, 6.45) is 4.46. The molecule has 9 nitrogen and oxygen atoms in total. The Kier molecular flexibility index (Phi) is 5.69. The zero-order chi connectivity index (χ0) is 25.5. The molecule has 1 unspecified atom stereocenters. The Balaban J connectivity index is 1.41. The maximum Gasteiger partial charge on any atom is 0.354 e. The molecule has 3 aromatic heterocycles. The lowest BCUT2D eigenvalue weighted by Gasteiger charge is -2.16. The summed E-state index contributed by atoms with van der Waals surface area (Å²) >= 11 is 0. The quantitative estimate of drug-likeness (QED) is 0.386. The van der Waals surface area contributed by atoms with Gasteiger partial charge in [-0.05, 0) is 41.8 Å². The highest BCUT2D eigenvalue weighted by Crippen LogP contribution is 2.28. The number of hydrogen-bond acceptors (Lipinski definition) is 5. The minimum absolute atomic E-state index is 0.0827. The maximum absolute atomic E-state index is 13.9. The van der Waals surface area contributed by atoms with Crippen LogP contribution in [0.2, 0.25) is 0 Å². The predicted molar refractivity (Wildman–Crippen MR) is 140 cm³/mol. The molecule has 1 saturated heterocycles. The molecule has 0 amide bonds. The van der Waals surface area contributed by atoms with Gasteiger partial charge in [-0.3, -0.25) is 14.0 Å². The largest absolute Gasteiger partial charge is 0.477 e. The number of aromatic carboxylic acids is 1. The lowest BCUT2D eigenvalue weighted by atomic mass is 10.1. The van der Waals surface area contributed by atoms with E-state index in [0.717, 1.165) is 29.9 Å². The van der Waals surface area contributed by atoms with Gasteiger partial charge >= 0.3 is 11.7 Å². The standard InChI is InChI=1S/C28H26N6O3/c1-31-16-14-29-25(31)18-32-15-13-22(17-32)34-26-24(12-11-23(30-26)27(35)36)33(28(34)37)21-9-7-20(8-10-21)19-5-3-2-4-6-19/h2-12,14,16,22H,13,15,17-18H2,1H3,(H,35,36). The number of carbonyl (C=O) groups is 1. The van der Waals surface area contributed by atoms with Crippen LogP contribution in [-0.2, 0) is 13.6 Å². The van der Waals surface area contributed by atoms with E-state index in [2.05, 4.69) is 14.9 Å². The average molecular weight is 495 g/mol. The number of benzene rings is 2. The van der Waals surface area contributed by atoms with Gasteiger partial charge in [0.25, 0.3) is 0 Å². The van der Waals surface area contributed by atoms with Gasteiger partial charge < -0.3 is 9.67 Å². The molecule has 0 aliphatic carbocycles. The highest BCUT2D eigenvalue weighted by molar-refractivity contribution is 5.88.